The van der Waals surface area contributed by atoms with Gasteiger partial charge in [0.05, 0.1) is 0 Å². The van der Waals surface area contributed by atoms with Crippen molar-refractivity contribution in [3.8, 4) is 0 Å². The summed E-state index contributed by atoms with van der Waals surface area (Å²) in [6, 6.07) is 0. The summed E-state index contributed by atoms with van der Waals surface area (Å²) < 4.78 is 0. The highest BCUT2D eigenvalue weighted by Gasteiger charge is 2.37. The Morgan fingerprint density at radius 2 is 2.12 bits per heavy atom. The number of hydrogen-bond acceptors (Lipinski definition) is 4. The molecule has 1 aliphatic carbocycles. The Bertz CT molecular complexity index is 342. The summed E-state index contributed by atoms with van der Waals surface area (Å²) >= 11 is 0. The van der Waals surface area contributed by atoms with Crippen LogP contribution in [-0.4, -0.2) is 36.3 Å². The third kappa shape index (κ3) is 2.04. The van der Waals surface area contributed by atoms with Crippen molar-refractivity contribution >= 4 is 11.6 Å². The molecule has 0 radical (unpaired) electrons. The lowest BCUT2D eigenvalue weighted by Gasteiger charge is -2.18. The summed E-state index contributed by atoms with van der Waals surface area (Å²) in [6.07, 6.45) is 4.02. The summed E-state index contributed by atoms with van der Waals surface area (Å²) in [4.78, 5) is 12.0. The van der Waals surface area contributed by atoms with Gasteiger partial charge in [0, 0.05) is 25.6 Å². The van der Waals surface area contributed by atoms with Crippen LogP contribution in [0.2, 0.25) is 0 Å². The van der Waals surface area contributed by atoms with Crippen LogP contribution in [0.25, 0.3) is 0 Å². The fourth-order valence-corrected chi connectivity index (χ4v) is 3.28. The number of hydrazine groups is 1. The van der Waals surface area contributed by atoms with E-state index in [0.29, 0.717) is 5.71 Å². The number of rotatable bonds is 2. The highest BCUT2D eigenvalue weighted by atomic mass is 16.2. The van der Waals surface area contributed by atoms with Crippen molar-refractivity contribution in [1.82, 2.24) is 15.9 Å². The third-order valence-corrected chi connectivity index (χ3v) is 4.28. The molecule has 0 spiro atoms. The average Bonchev–Trinajstić information content (AvgIpc) is 2.92. The number of carbonyl (C=O) groups excluding carboxylic acids is 1. The molecule has 0 aromatic carbocycles. The summed E-state index contributed by atoms with van der Waals surface area (Å²) in [5, 5.41) is 6.15. The van der Waals surface area contributed by atoms with E-state index in [-0.39, 0.29) is 11.8 Å². The monoisotopic (exact) mass is 236 g/mol. The Hall–Kier alpha value is -1.10. The Morgan fingerprint density at radius 3 is 2.71 bits per heavy atom. The van der Waals surface area contributed by atoms with Crippen molar-refractivity contribution in [1.29, 1.82) is 0 Å². The molecule has 17 heavy (non-hydrogen) atoms. The van der Waals surface area contributed by atoms with Crippen molar-refractivity contribution in [3.63, 3.8) is 0 Å². The van der Waals surface area contributed by atoms with E-state index in [9.17, 15) is 4.79 Å². The molecule has 0 aromatic rings. The van der Waals surface area contributed by atoms with E-state index < -0.39 is 0 Å². The summed E-state index contributed by atoms with van der Waals surface area (Å²) in [6.45, 7) is 4.84. The van der Waals surface area contributed by atoms with Gasteiger partial charge in [0.1, 0.15) is 5.71 Å². The minimum atomic E-state index is -0.0255. The van der Waals surface area contributed by atoms with E-state index in [4.69, 9.17) is 0 Å². The number of hydrogen-bond donors (Lipinski definition) is 2. The van der Waals surface area contributed by atoms with Crippen LogP contribution in [0.4, 0.5) is 0 Å². The molecule has 2 aliphatic heterocycles. The number of nitrogens with one attached hydrogen (secondary N) is 2. The summed E-state index contributed by atoms with van der Waals surface area (Å²) in [7, 11) is 0. The van der Waals surface area contributed by atoms with Gasteiger partial charge < -0.3 is 5.43 Å². The van der Waals surface area contributed by atoms with Crippen LogP contribution >= 0.6 is 0 Å². The fourth-order valence-electron chi connectivity index (χ4n) is 3.28. The highest BCUT2D eigenvalue weighted by molar-refractivity contribution is 6.39. The molecule has 1 saturated heterocycles. The maximum absolute atomic E-state index is 12.0. The number of carbonyl (C=O) groups is 1. The second-order valence-electron chi connectivity index (χ2n) is 5.56. The molecule has 1 amide bonds. The van der Waals surface area contributed by atoms with E-state index in [1.807, 2.05) is 6.92 Å². The van der Waals surface area contributed by atoms with E-state index in [0.717, 1.165) is 31.5 Å². The Balaban J connectivity index is 1.56. The Kier molecular flexibility index (Phi) is 2.78. The van der Waals surface area contributed by atoms with Gasteiger partial charge in [0.15, 0.2) is 0 Å². The van der Waals surface area contributed by atoms with Gasteiger partial charge in [-0.2, -0.15) is 5.10 Å². The summed E-state index contributed by atoms with van der Waals surface area (Å²) in [5.74, 6) is 1.80. The molecule has 2 N–H and O–H groups in total. The van der Waals surface area contributed by atoms with E-state index in [1.165, 1.54) is 19.3 Å². The van der Waals surface area contributed by atoms with Crippen molar-refractivity contribution in [2.24, 2.45) is 22.9 Å². The van der Waals surface area contributed by atoms with Crippen molar-refractivity contribution in [3.05, 3.63) is 0 Å². The van der Waals surface area contributed by atoms with Gasteiger partial charge in [-0.3, -0.25) is 10.2 Å². The van der Waals surface area contributed by atoms with Crippen LogP contribution in [0, 0.1) is 17.8 Å². The fraction of sp³-hybridized carbons (Fsp3) is 0.833. The first-order valence-electron chi connectivity index (χ1n) is 6.60. The van der Waals surface area contributed by atoms with Crippen molar-refractivity contribution in [2.45, 2.75) is 26.2 Å². The minimum Gasteiger partial charge on any atom is -0.309 e. The molecule has 3 atom stereocenters. The molecule has 3 rings (SSSR count). The zero-order valence-electron chi connectivity index (χ0n) is 10.3. The second kappa shape index (κ2) is 4.29. The van der Waals surface area contributed by atoms with Gasteiger partial charge in [-0.15, -0.1) is 0 Å². The lowest BCUT2D eigenvalue weighted by molar-refractivity contribution is -0.119. The smallest absolute Gasteiger partial charge is 0.282 e. The van der Waals surface area contributed by atoms with Crippen LogP contribution in [0.15, 0.2) is 5.10 Å². The van der Waals surface area contributed by atoms with Gasteiger partial charge in [0.25, 0.3) is 5.91 Å². The van der Waals surface area contributed by atoms with Gasteiger partial charge in [-0.1, -0.05) is 13.3 Å². The van der Waals surface area contributed by atoms with E-state index in [2.05, 4.69) is 21.0 Å². The first-order valence-corrected chi connectivity index (χ1v) is 6.60. The molecule has 5 heteroatoms. The quantitative estimate of drug-likeness (QED) is 0.727. The van der Waals surface area contributed by atoms with E-state index >= 15 is 0 Å². The second-order valence-corrected chi connectivity index (χ2v) is 5.56. The number of hydrazone groups is 1. The van der Waals surface area contributed by atoms with Gasteiger partial charge in [-0.05, 0) is 24.7 Å². The maximum atomic E-state index is 12.0. The first kappa shape index (κ1) is 11.0. The molecule has 94 valence electrons. The molecule has 1 saturated carbocycles. The predicted octanol–water partition coefficient (Wildman–Crippen LogP) is 0.345. The molecule has 3 unspecified atom stereocenters. The Labute approximate surface area is 102 Å². The maximum Gasteiger partial charge on any atom is 0.282 e. The number of amides is 1. The zero-order chi connectivity index (χ0) is 11.8. The standard InChI is InChI=1S/C12H20N4O/c1-8-5-13-14-11(8)12(17)15-16-6-9-3-2-4-10(9)7-16/h8-10,13H,2-7H2,1H3,(H,15,17). The van der Waals surface area contributed by atoms with Crippen LogP contribution in [0.5, 0.6) is 0 Å². The van der Waals surface area contributed by atoms with Crippen LogP contribution in [-0.2, 0) is 4.79 Å². The van der Waals surface area contributed by atoms with Crippen LogP contribution < -0.4 is 10.9 Å². The highest BCUT2D eigenvalue weighted by Crippen LogP contribution is 2.36. The predicted molar refractivity (Wildman–Crippen MR) is 65.1 cm³/mol. The molecular formula is C12H20N4O. The van der Waals surface area contributed by atoms with Crippen LogP contribution in [0.1, 0.15) is 26.2 Å². The molecule has 0 bridgehead atoms. The molecule has 5 nitrogen and oxygen atoms in total. The SMILES string of the molecule is CC1CNN=C1C(=O)NN1CC2CCCC2C1. The lowest BCUT2D eigenvalue weighted by atomic mass is 10.0. The largest absolute Gasteiger partial charge is 0.309 e. The Morgan fingerprint density at radius 1 is 1.41 bits per heavy atom. The topological polar surface area (TPSA) is 56.7 Å². The molecule has 0 aromatic heterocycles. The number of fused-ring (bicyclic) bond motifs is 1. The van der Waals surface area contributed by atoms with Gasteiger partial charge >= 0.3 is 0 Å². The zero-order valence-corrected chi connectivity index (χ0v) is 10.3. The van der Waals surface area contributed by atoms with Crippen LogP contribution in [0.3, 0.4) is 0 Å². The van der Waals surface area contributed by atoms with Gasteiger partial charge in [-0.25, -0.2) is 5.01 Å². The lowest BCUT2D eigenvalue weighted by Crippen LogP contribution is -2.45. The van der Waals surface area contributed by atoms with Gasteiger partial charge in [0.2, 0.25) is 0 Å². The first-order chi connectivity index (χ1) is 8.24. The van der Waals surface area contributed by atoms with Crippen molar-refractivity contribution < 1.29 is 4.79 Å². The summed E-state index contributed by atoms with van der Waals surface area (Å²) in [5.41, 5.74) is 6.52. The van der Waals surface area contributed by atoms with E-state index in [1.54, 1.807) is 0 Å². The average molecular weight is 236 g/mol. The molecular weight excluding hydrogens is 216 g/mol. The third-order valence-electron chi connectivity index (χ3n) is 4.28. The molecule has 2 heterocycles. The molecule has 2 fully saturated rings. The minimum absolute atomic E-state index is 0.0255. The normalized spacial score (nSPS) is 36.5. The molecule has 3 aliphatic rings. The van der Waals surface area contributed by atoms with Crippen molar-refractivity contribution in [2.75, 3.05) is 19.6 Å². The number of nitrogens with zero attached hydrogens (tertiary/aromatic N) is 2.